The maximum absolute atomic E-state index is 12.1. The van der Waals surface area contributed by atoms with Gasteiger partial charge in [0.2, 0.25) is 5.91 Å². The van der Waals surface area contributed by atoms with Crippen molar-refractivity contribution in [3.63, 3.8) is 0 Å². The number of hydrogen-bond donors (Lipinski definition) is 1. The number of nitrogens with one attached hydrogen (secondary N) is 1. The lowest BCUT2D eigenvalue weighted by Crippen LogP contribution is -2.39. The van der Waals surface area contributed by atoms with Crippen molar-refractivity contribution < 1.29 is 17.9 Å². The lowest BCUT2D eigenvalue weighted by molar-refractivity contribution is -0.136. The molecule has 2 unspecified atom stereocenters. The van der Waals surface area contributed by atoms with Gasteiger partial charge in [-0.05, 0) is 43.9 Å². The Balaban J connectivity index is 1.99. The maximum atomic E-state index is 12.1. The van der Waals surface area contributed by atoms with E-state index in [1.807, 2.05) is 6.92 Å². The summed E-state index contributed by atoms with van der Waals surface area (Å²) in [6.45, 7) is 2.46. The first-order valence-corrected chi connectivity index (χ1v) is 9.15. The van der Waals surface area contributed by atoms with E-state index in [1.165, 1.54) is 12.1 Å². The van der Waals surface area contributed by atoms with Crippen LogP contribution in [-0.2, 0) is 18.6 Å². The van der Waals surface area contributed by atoms with Gasteiger partial charge in [0, 0.05) is 17.3 Å². The van der Waals surface area contributed by atoms with Crippen molar-refractivity contribution in [2.24, 2.45) is 0 Å². The Morgan fingerprint density at radius 2 is 2.00 bits per heavy atom. The second-order valence-corrected chi connectivity index (χ2v) is 7.66. The standard InChI is InChI=1S/C14H18ClNO4S/c1-10(16-14(17)13-4-2-3-9-20-13)11-5-7-12(8-6-11)21(15,18)19/h5-8,10,13H,2-4,9H2,1H3,(H,16,17). The van der Waals surface area contributed by atoms with E-state index in [1.54, 1.807) is 12.1 Å². The minimum atomic E-state index is -3.72. The predicted molar refractivity (Wildman–Crippen MR) is 79.6 cm³/mol. The van der Waals surface area contributed by atoms with Crippen molar-refractivity contribution in [1.82, 2.24) is 5.32 Å². The van der Waals surface area contributed by atoms with Crippen molar-refractivity contribution in [1.29, 1.82) is 0 Å². The lowest BCUT2D eigenvalue weighted by atomic mass is 10.1. The molecule has 1 fully saturated rings. The van der Waals surface area contributed by atoms with Crippen LogP contribution < -0.4 is 5.32 Å². The molecule has 116 valence electrons. The van der Waals surface area contributed by atoms with Crippen molar-refractivity contribution in [3.8, 4) is 0 Å². The quantitative estimate of drug-likeness (QED) is 0.860. The first-order chi connectivity index (χ1) is 9.88. The number of benzene rings is 1. The second kappa shape index (κ2) is 6.77. The number of amides is 1. The molecule has 7 heteroatoms. The van der Waals surface area contributed by atoms with E-state index in [0.717, 1.165) is 24.8 Å². The van der Waals surface area contributed by atoms with E-state index in [0.29, 0.717) is 6.61 Å². The summed E-state index contributed by atoms with van der Waals surface area (Å²) >= 11 is 0. The zero-order valence-corrected chi connectivity index (χ0v) is 13.3. The molecule has 0 bridgehead atoms. The Bertz CT molecular complexity index is 594. The molecule has 2 atom stereocenters. The molecule has 0 spiro atoms. The van der Waals surface area contributed by atoms with Crippen LogP contribution in [0.5, 0.6) is 0 Å². The molecular weight excluding hydrogens is 314 g/mol. The third kappa shape index (κ3) is 4.43. The zero-order valence-electron chi connectivity index (χ0n) is 11.7. The number of carbonyl (C=O) groups is 1. The highest BCUT2D eigenvalue weighted by Crippen LogP contribution is 2.20. The molecule has 1 aromatic carbocycles. The Labute approximate surface area is 129 Å². The van der Waals surface area contributed by atoms with Crippen molar-refractivity contribution in [2.45, 2.75) is 43.2 Å². The van der Waals surface area contributed by atoms with Crippen LogP contribution in [0, 0.1) is 0 Å². The third-order valence-corrected chi connectivity index (χ3v) is 4.86. The number of rotatable bonds is 4. The van der Waals surface area contributed by atoms with Crippen LogP contribution in [0.1, 0.15) is 37.8 Å². The average molecular weight is 332 g/mol. The summed E-state index contributed by atoms with van der Waals surface area (Å²) < 4.78 is 27.8. The molecule has 1 aliphatic rings. The fraction of sp³-hybridized carbons (Fsp3) is 0.500. The number of ether oxygens (including phenoxy) is 1. The number of halogens is 1. The SMILES string of the molecule is CC(NC(=O)C1CCCCO1)c1ccc(S(=O)(=O)Cl)cc1. The Hall–Kier alpha value is -1.11. The molecule has 1 aromatic rings. The normalized spacial score (nSPS) is 20.8. The van der Waals surface area contributed by atoms with Gasteiger partial charge in [0.15, 0.2) is 0 Å². The molecule has 1 amide bonds. The van der Waals surface area contributed by atoms with Crippen LogP contribution in [0.4, 0.5) is 0 Å². The number of carbonyl (C=O) groups excluding carboxylic acids is 1. The van der Waals surface area contributed by atoms with Crippen molar-refractivity contribution in [2.75, 3.05) is 6.61 Å². The summed E-state index contributed by atoms with van der Waals surface area (Å²) in [6.07, 6.45) is 2.34. The topological polar surface area (TPSA) is 72.5 Å². The van der Waals surface area contributed by atoms with Gasteiger partial charge in [-0.2, -0.15) is 0 Å². The van der Waals surface area contributed by atoms with Crippen molar-refractivity contribution in [3.05, 3.63) is 29.8 Å². The minimum Gasteiger partial charge on any atom is -0.368 e. The molecule has 0 saturated carbocycles. The maximum Gasteiger partial charge on any atom is 0.261 e. The third-order valence-electron chi connectivity index (χ3n) is 3.49. The highest BCUT2D eigenvalue weighted by Gasteiger charge is 2.23. The van der Waals surface area contributed by atoms with Gasteiger partial charge >= 0.3 is 0 Å². The Kier molecular flexibility index (Phi) is 5.24. The van der Waals surface area contributed by atoms with E-state index < -0.39 is 9.05 Å². The first kappa shape index (κ1) is 16.3. The second-order valence-electron chi connectivity index (χ2n) is 5.09. The fourth-order valence-corrected chi connectivity index (χ4v) is 3.03. The Morgan fingerprint density at radius 1 is 1.33 bits per heavy atom. The molecule has 0 radical (unpaired) electrons. The van der Waals surface area contributed by atoms with Crippen LogP contribution in [0.15, 0.2) is 29.2 Å². The van der Waals surface area contributed by atoms with E-state index in [2.05, 4.69) is 5.32 Å². The van der Waals surface area contributed by atoms with Crippen molar-refractivity contribution >= 4 is 25.6 Å². The zero-order chi connectivity index (χ0) is 15.5. The van der Waals surface area contributed by atoms with Gasteiger partial charge in [-0.15, -0.1) is 0 Å². The lowest BCUT2D eigenvalue weighted by Gasteiger charge is -2.24. The van der Waals surface area contributed by atoms with E-state index in [4.69, 9.17) is 15.4 Å². The molecule has 1 saturated heterocycles. The molecular formula is C14H18ClNO4S. The molecule has 1 N–H and O–H groups in total. The summed E-state index contributed by atoms with van der Waals surface area (Å²) in [6, 6.07) is 5.91. The largest absolute Gasteiger partial charge is 0.368 e. The van der Waals surface area contributed by atoms with E-state index in [9.17, 15) is 13.2 Å². The fourth-order valence-electron chi connectivity index (χ4n) is 2.26. The molecule has 2 rings (SSSR count). The van der Waals surface area contributed by atoms with Gasteiger partial charge in [-0.3, -0.25) is 4.79 Å². The summed E-state index contributed by atoms with van der Waals surface area (Å²) in [5.41, 5.74) is 0.809. The summed E-state index contributed by atoms with van der Waals surface area (Å²) in [4.78, 5) is 12.1. The number of hydrogen-bond acceptors (Lipinski definition) is 4. The van der Waals surface area contributed by atoms with Crippen LogP contribution in [0.25, 0.3) is 0 Å². The van der Waals surface area contributed by atoms with Crippen LogP contribution in [0.3, 0.4) is 0 Å². The van der Waals surface area contributed by atoms with Gasteiger partial charge in [0.25, 0.3) is 9.05 Å². The molecule has 0 aromatic heterocycles. The highest BCUT2D eigenvalue weighted by molar-refractivity contribution is 8.13. The molecule has 21 heavy (non-hydrogen) atoms. The van der Waals surface area contributed by atoms with Crippen LogP contribution in [0.2, 0.25) is 0 Å². The van der Waals surface area contributed by atoms with E-state index >= 15 is 0 Å². The molecule has 1 aliphatic heterocycles. The summed E-state index contributed by atoms with van der Waals surface area (Å²) in [5.74, 6) is -0.128. The molecule has 5 nitrogen and oxygen atoms in total. The minimum absolute atomic E-state index is 0.0436. The van der Waals surface area contributed by atoms with E-state index in [-0.39, 0.29) is 22.9 Å². The molecule has 0 aliphatic carbocycles. The smallest absolute Gasteiger partial charge is 0.261 e. The molecule has 1 heterocycles. The van der Waals surface area contributed by atoms with Gasteiger partial charge < -0.3 is 10.1 Å². The summed E-state index contributed by atoms with van der Waals surface area (Å²) in [7, 11) is 1.54. The monoisotopic (exact) mass is 331 g/mol. The first-order valence-electron chi connectivity index (χ1n) is 6.84. The van der Waals surface area contributed by atoms with Gasteiger partial charge in [0.1, 0.15) is 6.10 Å². The van der Waals surface area contributed by atoms with Gasteiger partial charge in [-0.25, -0.2) is 8.42 Å². The average Bonchev–Trinajstić information content (AvgIpc) is 2.47. The Morgan fingerprint density at radius 3 is 2.52 bits per heavy atom. The van der Waals surface area contributed by atoms with Crippen LogP contribution in [-0.4, -0.2) is 27.0 Å². The predicted octanol–water partition coefficient (Wildman–Crippen LogP) is 2.36. The summed E-state index contributed by atoms with van der Waals surface area (Å²) in [5, 5.41) is 2.88. The highest BCUT2D eigenvalue weighted by atomic mass is 35.7. The van der Waals surface area contributed by atoms with Crippen LogP contribution >= 0.6 is 10.7 Å². The van der Waals surface area contributed by atoms with Gasteiger partial charge in [-0.1, -0.05) is 12.1 Å². The van der Waals surface area contributed by atoms with Gasteiger partial charge in [0.05, 0.1) is 10.9 Å².